The van der Waals surface area contributed by atoms with E-state index in [4.69, 9.17) is 0 Å². The highest BCUT2D eigenvalue weighted by Crippen LogP contribution is 2.57. The molecule has 0 bridgehead atoms. The highest BCUT2D eigenvalue weighted by Gasteiger charge is 2.50. The number of benzene rings is 2. The smallest absolute Gasteiger partial charge is 0.194 e. The summed E-state index contributed by atoms with van der Waals surface area (Å²) in [5, 5.41) is 12.0. The van der Waals surface area contributed by atoms with Gasteiger partial charge in [-0.05, 0) is 36.8 Å². The van der Waals surface area contributed by atoms with E-state index in [2.05, 4.69) is 56.4 Å². The number of phenols is 1. The summed E-state index contributed by atoms with van der Waals surface area (Å²) in [6.07, 6.45) is 5.62. The molecule has 0 aliphatic heterocycles. The number of fused-ring (bicyclic) bond motifs is 3. The monoisotopic (exact) mass is 428 g/mol. The molecule has 1 saturated carbocycles. The number of phenolic OH excluding ortho intramolecular Hbond substituents is 1. The number of aromatic hydroxyl groups is 1. The van der Waals surface area contributed by atoms with Gasteiger partial charge in [0.25, 0.3) is 0 Å². The first-order valence-corrected chi connectivity index (χ1v) is 14.1. The molecule has 3 aliphatic rings. The van der Waals surface area contributed by atoms with Gasteiger partial charge in [-0.1, -0.05) is 79.3 Å². The lowest BCUT2D eigenvalue weighted by Crippen LogP contribution is -2.53. The van der Waals surface area contributed by atoms with E-state index >= 15 is 0 Å². The number of hydrogen-bond acceptors (Lipinski definition) is 3. The van der Waals surface area contributed by atoms with Crippen molar-refractivity contribution in [2.75, 3.05) is 0 Å². The summed E-state index contributed by atoms with van der Waals surface area (Å²) in [6, 6.07) is 15.7. The van der Waals surface area contributed by atoms with Crippen molar-refractivity contribution in [3.63, 3.8) is 0 Å². The number of allylic oxidation sites excluding steroid dienone is 4. The summed E-state index contributed by atoms with van der Waals surface area (Å²) in [7, 11) is -1.77. The van der Waals surface area contributed by atoms with Crippen molar-refractivity contribution in [2.45, 2.75) is 50.7 Å². The highest BCUT2D eigenvalue weighted by molar-refractivity contribution is 6.92. The molecular formula is C27H28O3Si. The van der Waals surface area contributed by atoms with Gasteiger partial charge in [-0.3, -0.25) is 9.59 Å². The number of carbonyl (C=O) groups excluding carboxylic acids is 2. The minimum atomic E-state index is -1.77. The predicted molar refractivity (Wildman–Crippen MR) is 126 cm³/mol. The molecule has 31 heavy (non-hydrogen) atoms. The topological polar surface area (TPSA) is 54.4 Å². The van der Waals surface area contributed by atoms with Crippen LogP contribution in [0, 0.1) is 5.92 Å². The Bertz CT molecular complexity index is 1170. The Hall–Kier alpha value is -2.72. The van der Waals surface area contributed by atoms with Crippen LogP contribution >= 0.6 is 0 Å². The van der Waals surface area contributed by atoms with Crippen LogP contribution in [0.25, 0.3) is 0 Å². The SMILES string of the molecule is CC1([Si](C)(C)c2ccccc2)CCC2C(=CCC3=C2C(=O)c2c(O)cccc2C3=O)C1. The maximum atomic E-state index is 13.5. The summed E-state index contributed by atoms with van der Waals surface area (Å²) >= 11 is 0. The zero-order chi connectivity index (χ0) is 22.0. The molecule has 3 nitrogen and oxygen atoms in total. The van der Waals surface area contributed by atoms with Crippen LogP contribution in [0.3, 0.4) is 0 Å². The van der Waals surface area contributed by atoms with E-state index in [9.17, 15) is 14.7 Å². The molecular weight excluding hydrogens is 400 g/mol. The minimum absolute atomic E-state index is 0.00149. The fraction of sp³-hybridized carbons (Fsp3) is 0.333. The van der Waals surface area contributed by atoms with E-state index in [-0.39, 0.29) is 33.8 Å². The second kappa shape index (κ2) is 6.89. The number of Topliss-reactive ketones (excluding diaryl/α,β-unsaturated/α-hetero) is 2. The third-order valence-corrected chi connectivity index (χ3v) is 13.5. The lowest BCUT2D eigenvalue weighted by atomic mass is 9.66. The first-order chi connectivity index (χ1) is 14.7. The van der Waals surface area contributed by atoms with Crippen molar-refractivity contribution >= 4 is 24.8 Å². The standard InChI is InChI=1S/C27H28O3Si/c1-27(31(2,3)18-8-5-4-6-9-18)15-14-19-17(16-27)12-13-21-23(19)26(30)24-20(25(21)29)10-7-11-22(24)28/h4-12,19,28H,13-16H2,1-3H3. The minimum Gasteiger partial charge on any atom is -0.507 e. The average molecular weight is 429 g/mol. The number of rotatable bonds is 2. The summed E-state index contributed by atoms with van der Waals surface area (Å²) in [5.74, 6) is -0.331. The van der Waals surface area contributed by atoms with Gasteiger partial charge in [0, 0.05) is 22.6 Å². The maximum absolute atomic E-state index is 13.5. The van der Waals surface area contributed by atoms with Crippen molar-refractivity contribution in [1.82, 2.24) is 0 Å². The zero-order valence-corrected chi connectivity index (χ0v) is 19.4. The summed E-state index contributed by atoms with van der Waals surface area (Å²) < 4.78 is 0. The summed E-state index contributed by atoms with van der Waals surface area (Å²) in [5.41, 5.74) is 3.14. The van der Waals surface area contributed by atoms with Gasteiger partial charge >= 0.3 is 0 Å². The molecule has 1 fully saturated rings. The lowest BCUT2D eigenvalue weighted by molar-refractivity contribution is 0.0958. The normalized spacial score (nSPS) is 25.5. The van der Waals surface area contributed by atoms with Crippen molar-refractivity contribution in [3.8, 4) is 5.75 Å². The van der Waals surface area contributed by atoms with E-state index in [1.54, 1.807) is 12.1 Å². The van der Waals surface area contributed by atoms with Crippen LogP contribution in [0.2, 0.25) is 18.1 Å². The first-order valence-electron chi connectivity index (χ1n) is 11.1. The molecule has 0 radical (unpaired) electrons. The van der Waals surface area contributed by atoms with Gasteiger partial charge in [-0.15, -0.1) is 0 Å². The molecule has 5 rings (SSSR count). The van der Waals surface area contributed by atoms with E-state index in [0.29, 0.717) is 23.1 Å². The van der Waals surface area contributed by atoms with Crippen molar-refractivity contribution in [2.24, 2.45) is 5.92 Å². The van der Waals surface area contributed by atoms with Gasteiger partial charge in [0.15, 0.2) is 11.6 Å². The van der Waals surface area contributed by atoms with E-state index in [1.165, 1.54) is 16.8 Å². The lowest BCUT2D eigenvalue weighted by Gasteiger charge is -2.50. The number of hydrogen-bond donors (Lipinski definition) is 1. The van der Waals surface area contributed by atoms with E-state index in [0.717, 1.165) is 19.3 Å². The largest absolute Gasteiger partial charge is 0.507 e. The summed E-state index contributed by atoms with van der Waals surface area (Å²) in [4.78, 5) is 26.6. The molecule has 2 aromatic rings. The first kappa shape index (κ1) is 20.2. The zero-order valence-electron chi connectivity index (χ0n) is 18.4. The molecule has 2 atom stereocenters. The molecule has 0 spiro atoms. The Morgan fingerprint density at radius 1 is 1.00 bits per heavy atom. The van der Waals surface area contributed by atoms with Crippen LogP contribution in [0.15, 0.2) is 71.3 Å². The molecule has 3 aliphatic carbocycles. The Morgan fingerprint density at radius 3 is 2.48 bits per heavy atom. The number of carbonyl (C=O) groups is 2. The third-order valence-electron chi connectivity index (χ3n) is 8.31. The van der Waals surface area contributed by atoms with Crippen molar-refractivity contribution < 1.29 is 14.7 Å². The Labute approximate surface area is 184 Å². The van der Waals surface area contributed by atoms with Crippen LogP contribution in [-0.4, -0.2) is 24.7 Å². The molecule has 0 amide bonds. The molecule has 158 valence electrons. The third kappa shape index (κ3) is 2.84. The molecule has 0 heterocycles. The van der Waals surface area contributed by atoms with Crippen LogP contribution in [0.4, 0.5) is 0 Å². The van der Waals surface area contributed by atoms with Gasteiger partial charge in [0.05, 0.1) is 13.6 Å². The maximum Gasteiger partial charge on any atom is 0.194 e. The molecule has 1 N–H and O–H groups in total. The Balaban J connectivity index is 1.51. The van der Waals surface area contributed by atoms with E-state index < -0.39 is 8.07 Å². The second-order valence-corrected chi connectivity index (χ2v) is 15.1. The van der Waals surface area contributed by atoms with Crippen molar-refractivity contribution in [1.29, 1.82) is 0 Å². The van der Waals surface area contributed by atoms with E-state index in [1.807, 2.05) is 0 Å². The average Bonchev–Trinajstić information content (AvgIpc) is 2.77. The quantitative estimate of drug-likeness (QED) is 0.502. The Kier molecular flexibility index (Phi) is 4.49. The fourth-order valence-electron chi connectivity index (χ4n) is 5.92. The van der Waals surface area contributed by atoms with Crippen LogP contribution in [0.1, 0.15) is 53.3 Å². The van der Waals surface area contributed by atoms with Gasteiger partial charge < -0.3 is 5.11 Å². The van der Waals surface area contributed by atoms with Gasteiger partial charge in [-0.25, -0.2) is 0 Å². The van der Waals surface area contributed by atoms with Gasteiger partial charge in [0.2, 0.25) is 0 Å². The Morgan fingerprint density at radius 2 is 1.74 bits per heavy atom. The molecule has 2 unspecified atom stereocenters. The fourth-order valence-corrected chi connectivity index (χ4v) is 9.06. The predicted octanol–water partition coefficient (Wildman–Crippen LogP) is 5.57. The van der Waals surface area contributed by atoms with Gasteiger partial charge in [-0.2, -0.15) is 0 Å². The molecule has 2 aromatic carbocycles. The highest BCUT2D eigenvalue weighted by atomic mass is 28.3. The van der Waals surface area contributed by atoms with Crippen molar-refractivity contribution in [3.05, 3.63) is 82.5 Å². The van der Waals surface area contributed by atoms with Crippen LogP contribution in [-0.2, 0) is 0 Å². The van der Waals surface area contributed by atoms with Gasteiger partial charge in [0.1, 0.15) is 5.75 Å². The molecule has 4 heteroatoms. The molecule has 0 saturated heterocycles. The summed E-state index contributed by atoms with van der Waals surface area (Å²) in [6.45, 7) is 7.34. The molecule has 0 aromatic heterocycles. The second-order valence-electron chi connectivity index (χ2n) is 10.1. The van der Waals surface area contributed by atoms with Crippen LogP contribution < -0.4 is 5.19 Å². The number of ketones is 2. The van der Waals surface area contributed by atoms with Crippen LogP contribution in [0.5, 0.6) is 5.75 Å².